The molecule has 1 saturated carbocycles. The summed E-state index contributed by atoms with van der Waals surface area (Å²) >= 11 is 0. The van der Waals surface area contributed by atoms with Crippen LogP contribution in [-0.4, -0.2) is 72.4 Å². The third-order valence-electron chi connectivity index (χ3n) is 6.47. The van der Waals surface area contributed by atoms with Crippen molar-refractivity contribution in [3.63, 3.8) is 0 Å². The molecule has 1 aromatic rings. The highest BCUT2D eigenvalue weighted by molar-refractivity contribution is 5.82. The molecule has 2 aliphatic rings. The molecule has 1 unspecified atom stereocenters. The molecular weight excluding hydrogens is 478 g/mol. The van der Waals surface area contributed by atoms with Gasteiger partial charge in [0, 0.05) is 30.1 Å². The lowest BCUT2D eigenvalue weighted by Crippen LogP contribution is -2.29. The molecule has 1 heterocycles. The third-order valence-corrected chi connectivity index (χ3v) is 6.47. The minimum atomic E-state index is 0.439. The quantitative estimate of drug-likeness (QED) is 0.266. The van der Waals surface area contributed by atoms with Gasteiger partial charge >= 0.3 is 0 Å². The summed E-state index contributed by atoms with van der Waals surface area (Å²) in [5, 5.41) is 9.12. The number of amides is 1. The molecule has 1 amide bonds. The van der Waals surface area contributed by atoms with Crippen LogP contribution in [0.4, 0.5) is 5.69 Å². The van der Waals surface area contributed by atoms with Crippen LogP contribution in [0.3, 0.4) is 0 Å². The number of carbonyl (C=O) groups excluding carboxylic acids is 1. The van der Waals surface area contributed by atoms with Gasteiger partial charge in [0.1, 0.15) is 11.4 Å². The van der Waals surface area contributed by atoms with Crippen LogP contribution in [-0.2, 0) is 4.79 Å². The van der Waals surface area contributed by atoms with E-state index in [1.165, 1.54) is 26.3 Å². The SMILES string of the molecule is C=N/C=C(/NC=O)C1CCCC1.C=Nc1ccc(C=NC2CCNCC2)cc1OC.CCC(C)NC.CN. The van der Waals surface area contributed by atoms with Crippen molar-refractivity contribution < 1.29 is 9.53 Å². The molecule has 1 saturated heterocycles. The molecule has 2 fully saturated rings. The Hall–Kier alpha value is -2.88. The number of ether oxygens (including phenoxy) is 1. The third kappa shape index (κ3) is 14.8. The van der Waals surface area contributed by atoms with Crippen molar-refractivity contribution >= 4 is 31.7 Å². The summed E-state index contributed by atoms with van der Waals surface area (Å²) in [7, 11) is 5.12. The van der Waals surface area contributed by atoms with Gasteiger partial charge in [0.15, 0.2) is 0 Å². The summed E-state index contributed by atoms with van der Waals surface area (Å²) in [6, 6.07) is 6.95. The van der Waals surface area contributed by atoms with Crippen LogP contribution in [0.5, 0.6) is 5.75 Å². The van der Waals surface area contributed by atoms with Gasteiger partial charge in [-0.2, -0.15) is 0 Å². The topological polar surface area (TPSA) is 125 Å². The number of nitrogens with one attached hydrogen (secondary N) is 3. The van der Waals surface area contributed by atoms with Gasteiger partial charge in [-0.25, -0.2) is 0 Å². The summed E-state index contributed by atoms with van der Waals surface area (Å²) in [5.41, 5.74) is 7.21. The minimum absolute atomic E-state index is 0.439. The smallest absolute Gasteiger partial charge is 0.211 e. The van der Waals surface area contributed by atoms with Gasteiger partial charge in [-0.1, -0.05) is 25.8 Å². The molecule has 0 aromatic heterocycles. The molecule has 1 aliphatic carbocycles. The van der Waals surface area contributed by atoms with E-state index < -0.39 is 0 Å². The van der Waals surface area contributed by atoms with Crippen molar-refractivity contribution in [1.29, 1.82) is 0 Å². The van der Waals surface area contributed by atoms with Crippen molar-refractivity contribution in [3.05, 3.63) is 35.7 Å². The molecule has 3 rings (SSSR count). The molecule has 1 aromatic carbocycles. The summed E-state index contributed by atoms with van der Waals surface area (Å²) in [6.07, 6.45) is 12.5. The summed E-state index contributed by atoms with van der Waals surface area (Å²) in [4.78, 5) is 22.4. The number of methoxy groups -OCH3 is 1. The lowest BCUT2D eigenvalue weighted by Gasteiger charge is -2.18. The van der Waals surface area contributed by atoms with Crippen molar-refractivity contribution in [1.82, 2.24) is 16.0 Å². The van der Waals surface area contributed by atoms with E-state index in [4.69, 9.17) is 4.74 Å². The van der Waals surface area contributed by atoms with Crippen molar-refractivity contribution in [3.8, 4) is 5.75 Å². The second-order valence-electron chi connectivity index (χ2n) is 8.96. The van der Waals surface area contributed by atoms with Gasteiger partial charge in [-0.3, -0.25) is 19.8 Å². The Labute approximate surface area is 230 Å². The fourth-order valence-corrected chi connectivity index (χ4v) is 3.92. The van der Waals surface area contributed by atoms with E-state index in [1.54, 1.807) is 13.3 Å². The van der Waals surface area contributed by atoms with E-state index in [2.05, 4.69) is 63.9 Å². The Bertz CT molecular complexity index is 826. The van der Waals surface area contributed by atoms with Gasteiger partial charge in [-0.15, -0.1) is 0 Å². The molecule has 38 heavy (non-hydrogen) atoms. The second kappa shape index (κ2) is 23.3. The largest absolute Gasteiger partial charge is 0.494 e. The van der Waals surface area contributed by atoms with Crippen LogP contribution in [0.15, 0.2) is 45.1 Å². The Kier molecular flexibility index (Phi) is 21.5. The zero-order chi connectivity index (χ0) is 28.6. The number of rotatable bonds is 10. The summed E-state index contributed by atoms with van der Waals surface area (Å²) < 4.78 is 5.26. The molecule has 9 nitrogen and oxygen atoms in total. The molecule has 0 bridgehead atoms. The van der Waals surface area contributed by atoms with E-state index in [1.807, 2.05) is 31.5 Å². The van der Waals surface area contributed by atoms with E-state index >= 15 is 0 Å². The number of aliphatic imine (C=N–C) groups is 3. The highest BCUT2D eigenvalue weighted by atomic mass is 16.5. The zero-order valence-corrected chi connectivity index (χ0v) is 24.2. The molecule has 1 aliphatic heterocycles. The maximum Gasteiger partial charge on any atom is 0.211 e. The lowest BCUT2D eigenvalue weighted by atomic mass is 10.1. The molecule has 214 valence electrons. The van der Waals surface area contributed by atoms with Crippen LogP contribution in [0, 0.1) is 5.92 Å². The van der Waals surface area contributed by atoms with Crippen molar-refractivity contribution in [2.45, 2.75) is 70.9 Å². The number of piperidine rings is 1. The predicted molar refractivity (Wildman–Crippen MR) is 163 cm³/mol. The lowest BCUT2D eigenvalue weighted by molar-refractivity contribution is -0.109. The van der Waals surface area contributed by atoms with Gasteiger partial charge in [-0.05, 0) is 97.3 Å². The Morgan fingerprint density at radius 3 is 2.34 bits per heavy atom. The van der Waals surface area contributed by atoms with Crippen LogP contribution in [0.1, 0.15) is 64.4 Å². The number of nitrogens with zero attached hydrogens (tertiary/aromatic N) is 3. The number of carbonyl (C=O) groups is 1. The zero-order valence-electron chi connectivity index (χ0n) is 24.2. The number of hydrogen-bond acceptors (Lipinski definition) is 8. The number of nitrogens with two attached hydrogens (primary N) is 1. The molecule has 9 heteroatoms. The summed E-state index contributed by atoms with van der Waals surface area (Å²) in [5.74, 6) is 1.22. The number of allylic oxidation sites excluding steroid dienone is 1. The van der Waals surface area contributed by atoms with Crippen LogP contribution in [0.25, 0.3) is 0 Å². The normalized spacial score (nSPS) is 16.5. The van der Waals surface area contributed by atoms with E-state index in [9.17, 15) is 4.79 Å². The van der Waals surface area contributed by atoms with Gasteiger partial charge in [0.05, 0.1) is 13.2 Å². The molecule has 0 spiro atoms. The first-order valence-corrected chi connectivity index (χ1v) is 13.5. The maximum absolute atomic E-state index is 10.2. The van der Waals surface area contributed by atoms with E-state index in [-0.39, 0.29) is 0 Å². The minimum Gasteiger partial charge on any atom is -0.494 e. The monoisotopic (exact) mass is 529 g/mol. The first-order chi connectivity index (χ1) is 18.5. The first kappa shape index (κ1) is 35.1. The van der Waals surface area contributed by atoms with Crippen LogP contribution < -0.4 is 26.4 Å². The summed E-state index contributed by atoms with van der Waals surface area (Å²) in [6.45, 7) is 13.3. The van der Waals surface area contributed by atoms with E-state index in [0.717, 1.165) is 61.5 Å². The highest BCUT2D eigenvalue weighted by Gasteiger charge is 2.18. The fraction of sp³-hybridized carbons (Fsp3) is 0.586. The van der Waals surface area contributed by atoms with Crippen molar-refractivity contribution in [2.75, 3.05) is 34.3 Å². The first-order valence-electron chi connectivity index (χ1n) is 13.5. The number of hydrogen-bond donors (Lipinski definition) is 4. The molecule has 1 atom stereocenters. The second-order valence-corrected chi connectivity index (χ2v) is 8.96. The number of benzene rings is 1. The van der Waals surface area contributed by atoms with Gasteiger partial charge in [0.2, 0.25) is 6.41 Å². The van der Waals surface area contributed by atoms with Gasteiger partial charge in [0.25, 0.3) is 0 Å². The van der Waals surface area contributed by atoms with Gasteiger partial charge < -0.3 is 26.4 Å². The predicted octanol–water partition coefficient (Wildman–Crippen LogP) is 4.24. The van der Waals surface area contributed by atoms with Crippen LogP contribution in [0.2, 0.25) is 0 Å². The standard InChI is InChI=1S/C14H19N3O.C9H14N2O.C5H13N.CH5N/c1-15-13-4-3-11(9-14(13)18-2)10-17-12-5-7-16-8-6-12;1-10-6-9(11-7-12)8-4-2-3-5-8;1-4-5(2)6-3;1-2/h3-4,9-10,12,16H,1,5-8H2,2H3;6-8H,1-5H2,(H,11,12);5-6H,4H2,1-3H3;2H2,1H3/b;9-6+;;. The maximum atomic E-state index is 10.2. The molecule has 5 N–H and O–H groups in total. The van der Waals surface area contributed by atoms with E-state index in [0.29, 0.717) is 24.4 Å². The van der Waals surface area contributed by atoms with Crippen molar-refractivity contribution in [2.24, 2.45) is 26.6 Å². The highest BCUT2D eigenvalue weighted by Crippen LogP contribution is 2.29. The Balaban J connectivity index is 0.000000590. The fourth-order valence-electron chi connectivity index (χ4n) is 3.92. The molecular formula is C29H51N7O2. The Morgan fingerprint density at radius 2 is 1.87 bits per heavy atom. The molecule has 0 radical (unpaired) electrons. The average Bonchev–Trinajstić information content (AvgIpc) is 3.53. The Morgan fingerprint density at radius 1 is 1.21 bits per heavy atom. The average molecular weight is 530 g/mol. The van der Waals surface area contributed by atoms with Crippen LogP contribution >= 0.6 is 0 Å².